The van der Waals surface area contributed by atoms with Crippen LogP contribution in [-0.2, 0) is 17.8 Å². The van der Waals surface area contributed by atoms with Crippen molar-refractivity contribution in [3.8, 4) is 11.4 Å². The molecule has 0 saturated carbocycles. The van der Waals surface area contributed by atoms with Crippen molar-refractivity contribution in [2.24, 2.45) is 0 Å². The van der Waals surface area contributed by atoms with Crippen LogP contribution < -0.4 is 0 Å². The number of carbonyl (C=O) groups excluding carboxylic acids is 1. The molecular weight excluding hydrogens is 372 g/mol. The van der Waals surface area contributed by atoms with Gasteiger partial charge in [-0.25, -0.2) is 4.79 Å². The molecule has 2 aromatic heterocycles. The summed E-state index contributed by atoms with van der Waals surface area (Å²) < 4.78 is 15.7. The van der Waals surface area contributed by atoms with E-state index in [-0.39, 0.29) is 5.76 Å². The lowest BCUT2D eigenvalue weighted by molar-refractivity contribution is 0.0558. The van der Waals surface area contributed by atoms with Crippen LogP contribution in [0, 0.1) is 6.92 Å². The fourth-order valence-corrected chi connectivity index (χ4v) is 3.33. The van der Waals surface area contributed by atoms with E-state index in [1.807, 2.05) is 30.3 Å². The van der Waals surface area contributed by atoms with Gasteiger partial charge in [0.05, 0.1) is 20.2 Å². The highest BCUT2D eigenvalue weighted by molar-refractivity contribution is 5.86. The topological polar surface area (TPSA) is 84.8 Å². The van der Waals surface area contributed by atoms with Crippen LogP contribution in [-0.4, -0.2) is 59.2 Å². The zero-order valence-corrected chi connectivity index (χ0v) is 16.6. The summed E-state index contributed by atoms with van der Waals surface area (Å²) in [4.78, 5) is 20.6. The Morgan fingerprint density at radius 1 is 1.03 bits per heavy atom. The Hall–Kier alpha value is -2.97. The van der Waals surface area contributed by atoms with Gasteiger partial charge in [0, 0.05) is 31.7 Å². The number of esters is 1. The second kappa shape index (κ2) is 8.59. The van der Waals surface area contributed by atoms with Crippen LogP contribution in [0.5, 0.6) is 0 Å². The number of nitrogens with zero attached hydrogens (tertiary/aromatic N) is 4. The molecule has 0 spiro atoms. The van der Waals surface area contributed by atoms with Crippen LogP contribution in [0.3, 0.4) is 0 Å². The number of benzene rings is 1. The first-order chi connectivity index (χ1) is 14.1. The van der Waals surface area contributed by atoms with Gasteiger partial charge >= 0.3 is 5.97 Å². The molecular formula is C21H24N4O4. The molecule has 0 aliphatic carbocycles. The number of hydrogen-bond acceptors (Lipinski definition) is 8. The van der Waals surface area contributed by atoms with E-state index in [0.717, 1.165) is 37.5 Å². The molecule has 0 unspecified atom stereocenters. The fraction of sp³-hybridized carbons (Fsp3) is 0.381. The van der Waals surface area contributed by atoms with Crippen molar-refractivity contribution < 1.29 is 18.5 Å². The molecule has 0 N–H and O–H groups in total. The second-order valence-electron chi connectivity index (χ2n) is 7.19. The third kappa shape index (κ3) is 4.72. The van der Waals surface area contributed by atoms with E-state index in [9.17, 15) is 4.79 Å². The second-order valence-corrected chi connectivity index (χ2v) is 7.19. The minimum atomic E-state index is -0.453. The third-order valence-corrected chi connectivity index (χ3v) is 5.03. The number of carbonyl (C=O) groups is 1. The summed E-state index contributed by atoms with van der Waals surface area (Å²) in [7, 11) is 1.34. The first-order valence-corrected chi connectivity index (χ1v) is 9.62. The van der Waals surface area contributed by atoms with Crippen molar-refractivity contribution >= 4 is 5.97 Å². The molecule has 1 saturated heterocycles. The van der Waals surface area contributed by atoms with Gasteiger partial charge in [-0.3, -0.25) is 9.80 Å². The Bertz CT molecular complexity index is 955. The van der Waals surface area contributed by atoms with Crippen LogP contribution in [0.1, 0.15) is 27.8 Å². The molecule has 29 heavy (non-hydrogen) atoms. The summed E-state index contributed by atoms with van der Waals surface area (Å²) in [5.41, 5.74) is 2.16. The van der Waals surface area contributed by atoms with Gasteiger partial charge in [0.25, 0.3) is 0 Å². The number of aryl methyl sites for hydroxylation is 1. The number of furan rings is 1. The highest BCUT2D eigenvalue weighted by Crippen LogP contribution is 2.18. The average Bonchev–Trinajstić information content (AvgIpc) is 3.39. The standard InChI is InChI=1S/C21H24N4O4/c1-15-3-5-16(6-4-15)20-22-19(29-23-20)14-25-11-9-24(10-12-25)13-17-7-8-18(28-17)21(26)27-2/h3-8H,9-14H2,1-2H3. The van der Waals surface area contributed by atoms with E-state index in [1.54, 1.807) is 6.07 Å². The van der Waals surface area contributed by atoms with Crippen LogP contribution in [0.4, 0.5) is 0 Å². The zero-order valence-electron chi connectivity index (χ0n) is 16.6. The molecule has 3 aromatic rings. The Kier molecular flexibility index (Phi) is 5.73. The van der Waals surface area contributed by atoms with E-state index in [4.69, 9.17) is 8.94 Å². The van der Waals surface area contributed by atoms with Crippen molar-refractivity contribution in [2.75, 3.05) is 33.3 Å². The van der Waals surface area contributed by atoms with Crippen LogP contribution in [0.2, 0.25) is 0 Å². The number of aromatic nitrogens is 2. The maximum absolute atomic E-state index is 11.5. The zero-order chi connectivity index (χ0) is 20.2. The van der Waals surface area contributed by atoms with Gasteiger partial charge in [0.2, 0.25) is 17.5 Å². The molecule has 0 atom stereocenters. The van der Waals surface area contributed by atoms with Gasteiger partial charge in [-0.15, -0.1) is 0 Å². The van der Waals surface area contributed by atoms with Crippen LogP contribution in [0.25, 0.3) is 11.4 Å². The molecule has 8 heteroatoms. The molecule has 3 heterocycles. The van der Waals surface area contributed by atoms with Crippen molar-refractivity contribution in [3.63, 3.8) is 0 Å². The van der Waals surface area contributed by atoms with Gasteiger partial charge in [0.1, 0.15) is 5.76 Å². The van der Waals surface area contributed by atoms with Gasteiger partial charge in [-0.1, -0.05) is 35.0 Å². The van der Waals surface area contributed by atoms with E-state index in [1.165, 1.54) is 12.7 Å². The predicted octanol–water partition coefficient (Wildman–Crippen LogP) is 2.74. The third-order valence-electron chi connectivity index (χ3n) is 5.03. The number of rotatable bonds is 6. The Balaban J connectivity index is 1.27. The van der Waals surface area contributed by atoms with Crippen LogP contribution in [0.15, 0.2) is 45.3 Å². The van der Waals surface area contributed by atoms with Gasteiger partial charge in [0.15, 0.2) is 0 Å². The van der Waals surface area contributed by atoms with Gasteiger partial charge in [-0.2, -0.15) is 4.98 Å². The van der Waals surface area contributed by atoms with Gasteiger partial charge < -0.3 is 13.7 Å². The minimum Gasteiger partial charge on any atom is -0.463 e. The summed E-state index contributed by atoms with van der Waals surface area (Å²) >= 11 is 0. The Morgan fingerprint density at radius 2 is 1.72 bits per heavy atom. The van der Waals surface area contributed by atoms with Crippen molar-refractivity contribution in [2.45, 2.75) is 20.0 Å². The maximum Gasteiger partial charge on any atom is 0.373 e. The molecule has 0 radical (unpaired) electrons. The highest BCUT2D eigenvalue weighted by atomic mass is 16.5. The molecule has 8 nitrogen and oxygen atoms in total. The molecule has 0 bridgehead atoms. The van der Waals surface area contributed by atoms with E-state index >= 15 is 0 Å². The lowest BCUT2D eigenvalue weighted by atomic mass is 10.1. The number of piperazine rings is 1. The monoisotopic (exact) mass is 396 g/mol. The Labute approximate surface area is 169 Å². The maximum atomic E-state index is 11.5. The Morgan fingerprint density at radius 3 is 2.41 bits per heavy atom. The number of ether oxygens (including phenoxy) is 1. The van der Waals surface area contributed by atoms with Gasteiger partial charge in [-0.05, 0) is 19.1 Å². The molecule has 0 amide bonds. The lowest BCUT2D eigenvalue weighted by Gasteiger charge is -2.33. The van der Waals surface area contributed by atoms with Crippen molar-refractivity contribution in [1.82, 2.24) is 19.9 Å². The molecule has 1 aromatic carbocycles. The quantitative estimate of drug-likeness (QED) is 0.588. The van der Waals surface area contributed by atoms with E-state index < -0.39 is 5.97 Å². The van der Waals surface area contributed by atoms with E-state index in [0.29, 0.717) is 24.8 Å². The molecule has 4 rings (SSSR count). The molecule has 1 aliphatic heterocycles. The summed E-state index contributed by atoms with van der Waals surface area (Å²) in [5, 5.41) is 4.10. The summed E-state index contributed by atoms with van der Waals surface area (Å²) in [5.74, 6) is 1.80. The SMILES string of the molecule is COC(=O)c1ccc(CN2CCN(Cc3nc(-c4ccc(C)cc4)no3)CC2)o1. The predicted molar refractivity (Wildman–Crippen MR) is 105 cm³/mol. The first-order valence-electron chi connectivity index (χ1n) is 9.62. The molecule has 1 fully saturated rings. The van der Waals surface area contributed by atoms with Crippen LogP contribution >= 0.6 is 0 Å². The molecule has 152 valence electrons. The summed E-state index contributed by atoms with van der Waals surface area (Å²) in [6.07, 6.45) is 0. The number of hydrogen-bond donors (Lipinski definition) is 0. The fourth-order valence-electron chi connectivity index (χ4n) is 3.33. The smallest absolute Gasteiger partial charge is 0.373 e. The lowest BCUT2D eigenvalue weighted by Crippen LogP contribution is -2.45. The average molecular weight is 396 g/mol. The summed E-state index contributed by atoms with van der Waals surface area (Å²) in [6.45, 7) is 6.94. The number of methoxy groups -OCH3 is 1. The van der Waals surface area contributed by atoms with Crippen molar-refractivity contribution in [3.05, 3.63) is 59.4 Å². The summed E-state index contributed by atoms with van der Waals surface area (Å²) in [6, 6.07) is 11.6. The van der Waals surface area contributed by atoms with Crippen molar-refractivity contribution in [1.29, 1.82) is 0 Å². The first kappa shape index (κ1) is 19.4. The largest absolute Gasteiger partial charge is 0.463 e. The molecule has 1 aliphatic rings. The minimum absolute atomic E-state index is 0.238. The normalized spacial score (nSPS) is 15.5. The highest BCUT2D eigenvalue weighted by Gasteiger charge is 2.21. The van der Waals surface area contributed by atoms with E-state index in [2.05, 4.69) is 31.6 Å².